The van der Waals surface area contributed by atoms with E-state index in [0.717, 1.165) is 22.2 Å². The van der Waals surface area contributed by atoms with Gasteiger partial charge in [-0.2, -0.15) is 4.39 Å². The average Bonchev–Trinajstić information content (AvgIpc) is 2.74. The number of ether oxygens (including phenoxy) is 1. The number of fused-ring (bicyclic) bond motifs is 1. The monoisotopic (exact) mass is 425 g/mol. The van der Waals surface area contributed by atoms with Crippen LogP contribution in [0.25, 0.3) is 10.9 Å². The molecule has 1 amide bonds. The van der Waals surface area contributed by atoms with Crippen LogP contribution in [0.15, 0.2) is 35.3 Å². The first-order valence-corrected chi connectivity index (χ1v) is 10.2. The molecule has 2 N–H and O–H groups in total. The van der Waals surface area contributed by atoms with Crippen molar-refractivity contribution in [3.05, 3.63) is 63.7 Å². The van der Waals surface area contributed by atoms with Gasteiger partial charge < -0.3 is 15.0 Å². The van der Waals surface area contributed by atoms with Crippen LogP contribution in [-0.4, -0.2) is 52.0 Å². The minimum atomic E-state index is -0.806. The Morgan fingerprint density at radius 1 is 1.39 bits per heavy atom. The molecule has 1 saturated heterocycles. The van der Waals surface area contributed by atoms with Gasteiger partial charge in [0.05, 0.1) is 11.2 Å². The predicted molar refractivity (Wildman–Crippen MR) is 114 cm³/mol. The van der Waals surface area contributed by atoms with Gasteiger partial charge in [-0.1, -0.05) is 6.92 Å². The Balaban J connectivity index is 1.41. The lowest BCUT2D eigenvalue weighted by atomic mass is 10.0. The lowest BCUT2D eigenvalue weighted by molar-refractivity contribution is -0.00846. The van der Waals surface area contributed by atoms with Crippen molar-refractivity contribution in [3.8, 4) is 5.75 Å². The fourth-order valence-corrected chi connectivity index (χ4v) is 3.64. The summed E-state index contributed by atoms with van der Waals surface area (Å²) in [4.78, 5) is 36.9. The van der Waals surface area contributed by atoms with Gasteiger partial charge in [-0.3, -0.25) is 19.5 Å². The molecule has 1 atom stereocenters. The van der Waals surface area contributed by atoms with Crippen molar-refractivity contribution in [2.75, 3.05) is 20.1 Å². The molecule has 31 heavy (non-hydrogen) atoms. The second-order valence-electron chi connectivity index (χ2n) is 7.61. The van der Waals surface area contributed by atoms with Gasteiger partial charge in [0.25, 0.3) is 17.4 Å². The Morgan fingerprint density at radius 3 is 2.84 bits per heavy atom. The number of nitrogens with zero attached hydrogens (tertiary/aromatic N) is 3. The van der Waals surface area contributed by atoms with Gasteiger partial charge in [0.2, 0.25) is 0 Å². The smallest absolute Gasteiger partial charge is 0.269 e. The molecule has 4 rings (SSSR count). The molecule has 4 heterocycles. The highest BCUT2D eigenvalue weighted by Gasteiger charge is 2.34. The summed E-state index contributed by atoms with van der Waals surface area (Å²) in [5, 5.41) is 3.31. The number of aromatic amines is 1. The number of rotatable bonds is 6. The van der Waals surface area contributed by atoms with Crippen molar-refractivity contribution < 1.29 is 13.9 Å². The molecule has 9 heteroatoms. The van der Waals surface area contributed by atoms with Gasteiger partial charge >= 0.3 is 0 Å². The number of aromatic nitrogens is 3. The van der Waals surface area contributed by atoms with Gasteiger partial charge in [-0.05, 0) is 37.6 Å². The molecule has 1 fully saturated rings. The fraction of sp³-hybridized carbons (Fsp3) is 0.364. The van der Waals surface area contributed by atoms with E-state index in [9.17, 15) is 14.0 Å². The van der Waals surface area contributed by atoms with Crippen LogP contribution in [0.2, 0.25) is 0 Å². The molecule has 0 aromatic carbocycles. The van der Waals surface area contributed by atoms with Crippen LogP contribution in [0, 0.1) is 5.95 Å². The van der Waals surface area contributed by atoms with E-state index in [1.54, 1.807) is 6.20 Å². The Hall–Kier alpha value is -3.33. The minimum Gasteiger partial charge on any atom is -0.483 e. The molecule has 0 bridgehead atoms. The molecular weight excluding hydrogens is 401 g/mol. The van der Waals surface area contributed by atoms with E-state index in [-0.39, 0.29) is 29.1 Å². The molecule has 1 aliphatic rings. The van der Waals surface area contributed by atoms with Crippen molar-refractivity contribution in [1.82, 2.24) is 25.2 Å². The average molecular weight is 425 g/mol. The highest BCUT2D eigenvalue weighted by atomic mass is 19.1. The normalized spacial score (nSPS) is 15.5. The van der Waals surface area contributed by atoms with E-state index in [0.29, 0.717) is 19.5 Å². The Labute approximate surface area is 178 Å². The molecule has 8 nitrogen and oxygen atoms in total. The third kappa shape index (κ3) is 4.13. The van der Waals surface area contributed by atoms with Crippen molar-refractivity contribution in [3.63, 3.8) is 0 Å². The molecule has 0 spiro atoms. The number of likely N-dealkylation sites (tertiary alicyclic amines) is 1. The van der Waals surface area contributed by atoms with E-state index < -0.39 is 11.9 Å². The Bertz CT molecular complexity index is 1190. The molecule has 3 aromatic heterocycles. The van der Waals surface area contributed by atoms with E-state index in [2.05, 4.69) is 25.2 Å². The number of H-pyrrole nitrogens is 1. The number of carbonyl (C=O) groups excluding carboxylic acids is 1. The van der Waals surface area contributed by atoms with Crippen LogP contribution in [0.1, 0.15) is 41.6 Å². The van der Waals surface area contributed by atoms with Crippen LogP contribution in [0.4, 0.5) is 4.39 Å². The first kappa shape index (κ1) is 20.9. The summed E-state index contributed by atoms with van der Waals surface area (Å²) in [5.41, 5.74) is 2.27. The van der Waals surface area contributed by atoms with Crippen LogP contribution in [0.3, 0.4) is 0 Å². The maximum absolute atomic E-state index is 14.2. The number of amides is 1. The maximum atomic E-state index is 14.2. The number of aryl methyl sites for hydroxylation is 1. The largest absolute Gasteiger partial charge is 0.483 e. The van der Waals surface area contributed by atoms with Crippen molar-refractivity contribution in [2.24, 2.45) is 0 Å². The lowest BCUT2D eigenvalue weighted by Crippen LogP contribution is -2.54. The second-order valence-corrected chi connectivity index (χ2v) is 7.61. The number of nitrogens with one attached hydrogen (secondary N) is 2. The summed E-state index contributed by atoms with van der Waals surface area (Å²) in [6, 6.07) is 6.64. The SMILES string of the molecule is CCc1cc2cnc(C(C)N3CC(Oc4ccc(C(=O)NC)nc4F)C3)cc2[nH]c1=O. The molecule has 1 aliphatic heterocycles. The zero-order valence-corrected chi connectivity index (χ0v) is 17.6. The van der Waals surface area contributed by atoms with Crippen molar-refractivity contribution in [2.45, 2.75) is 32.4 Å². The summed E-state index contributed by atoms with van der Waals surface area (Å²) >= 11 is 0. The highest BCUT2D eigenvalue weighted by molar-refractivity contribution is 5.92. The minimum absolute atomic E-state index is 0.00249. The van der Waals surface area contributed by atoms with Crippen molar-refractivity contribution in [1.29, 1.82) is 0 Å². The van der Waals surface area contributed by atoms with Gasteiger partial charge in [0.15, 0.2) is 5.75 Å². The first-order chi connectivity index (χ1) is 14.9. The van der Waals surface area contributed by atoms with E-state index in [1.165, 1.54) is 19.2 Å². The highest BCUT2D eigenvalue weighted by Crippen LogP contribution is 2.28. The fourth-order valence-electron chi connectivity index (χ4n) is 3.64. The van der Waals surface area contributed by atoms with Gasteiger partial charge in [0.1, 0.15) is 11.8 Å². The molecule has 0 aliphatic carbocycles. The molecule has 1 unspecified atom stereocenters. The van der Waals surface area contributed by atoms with Gasteiger partial charge in [-0.25, -0.2) is 4.98 Å². The number of hydrogen-bond acceptors (Lipinski definition) is 6. The summed E-state index contributed by atoms with van der Waals surface area (Å²) in [5.74, 6) is -1.23. The van der Waals surface area contributed by atoms with Crippen LogP contribution in [-0.2, 0) is 6.42 Å². The summed E-state index contributed by atoms with van der Waals surface area (Å²) in [6.07, 6.45) is 2.26. The second kappa shape index (κ2) is 8.43. The number of carbonyl (C=O) groups is 1. The summed E-state index contributed by atoms with van der Waals surface area (Å²) in [7, 11) is 1.46. The Kier molecular flexibility index (Phi) is 5.69. The molecule has 0 radical (unpaired) electrons. The summed E-state index contributed by atoms with van der Waals surface area (Å²) in [6.45, 7) is 5.18. The quantitative estimate of drug-likeness (QED) is 0.588. The zero-order chi connectivity index (χ0) is 22.1. The van der Waals surface area contributed by atoms with E-state index >= 15 is 0 Å². The zero-order valence-electron chi connectivity index (χ0n) is 17.6. The van der Waals surface area contributed by atoms with Gasteiger partial charge in [-0.15, -0.1) is 0 Å². The Morgan fingerprint density at radius 2 is 2.16 bits per heavy atom. The number of hydrogen-bond donors (Lipinski definition) is 2. The van der Waals surface area contributed by atoms with E-state index in [1.807, 2.05) is 26.0 Å². The summed E-state index contributed by atoms with van der Waals surface area (Å²) < 4.78 is 19.9. The van der Waals surface area contributed by atoms with Crippen LogP contribution < -0.4 is 15.6 Å². The first-order valence-electron chi connectivity index (χ1n) is 10.2. The van der Waals surface area contributed by atoms with Crippen LogP contribution >= 0.6 is 0 Å². The molecule has 0 saturated carbocycles. The van der Waals surface area contributed by atoms with Crippen molar-refractivity contribution >= 4 is 16.8 Å². The topological polar surface area (TPSA) is 100 Å². The maximum Gasteiger partial charge on any atom is 0.269 e. The third-order valence-corrected chi connectivity index (χ3v) is 5.63. The number of pyridine rings is 3. The molecule has 162 valence electrons. The molecular formula is C22H24FN5O3. The lowest BCUT2D eigenvalue weighted by Gasteiger charge is -2.42. The molecule has 3 aromatic rings. The third-order valence-electron chi connectivity index (χ3n) is 5.63. The number of halogens is 1. The standard InChI is InChI=1S/C22H24FN5O3/c1-4-13-7-14-9-25-17(8-18(14)27-21(13)29)12(2)28-10-15(11-28)31-19-6-5-16(22(30)24-3)26-20(19)23/h5-9,12,15H,4,10-11H2,1-3H3,(H,24,30)(H,27,29). The van der Waals surface area contributed by atoms with Gasteiger partial charge in [0, 0.05) is 43.3 Å². The van der Waals surface area contributed by atoms with E-state index in [4.69, 9.17) is 4.74 Å². The predicted octanol–water partition coefficient (Wildman–Crippen LogP) is 2.20. The van der Waals surface area contributed by atoms with Crippen LogP contribution in [0.5, 0.6) is 5.75 Å².